The number of hydrogen-bond acceptors (Lipinski definition) is 1. The van der Waals surface area contributed by atoms with Gasteiger partial charge in [0.2, 0.25) is 0 Å². The maximum Gasteiger partial charge on any atom is 0.00966 e. The van der Waals surface area contributed by atoms with E-state index in [-0.39, 0.29) is 5.54 Å². The fourth-order valence-electron chi connectivity index (χ4n) is 2.25. The van der Waals surface area contributed by atoms with E-state index >= 15 is 0 Å². The lowest BCUT2D eigenvalue weighted by Crippen LogP contribution is -2.39. The van der Waals surface area contributed by atoms with Gasteiger partial charge >= 0.3 is 0 Å². The first-order valence-corrected chi connectivity index (χ1v) is 7.67. The summed E-state index contributed by atoms with van der Waals surface area (Å²) in [4.78, 5) is 0. The third-order valence-corrected chi connectivity index (χ3v) is 3.85. The van der Waals surface area contributed by atoms with Gasteiger partial charge in [0.05, 0.1) is 0 Å². The Bertz CT molecular complexity index is 358. The van der Waals surface area contributed by atoms with Crippen molar-refractivity contribution in [2.24, 2.45) is 5.92 Å². The van der Waals surface area contributed by atoms with Crippen LogP contribution in [0.15, 0.2) is 24.3 Å². The van der Waals surface area contributed by atoms with Crippen molar-refractivity contribution in [2.45, 2.75) is 65.8 Å². The van der Waals surface area contributed by atoms with Gasteiger partial charge in [-0.05, 0) is 56.7 Å². The number of benzene rings is 1. The highest BCUT2D eigenvalue weighted by Crippen LogP contribution is 2.24. The van der Waals surface area contributed by atoms with E-state index in [1.807, 2.05) is 0 Å². The van der Waals surface area contributed by atoms with Gasteiger partial charge in [-0.25, -0.2) is 0 Å². The Kier molecular flexibility index (Phi) is 6.06. The Morgan fingerprint density at radius 3 is 2.11 bits per heavy atom. The Hall–Kier alpha value is -0.820. The molecule has 1 N–H and O–H groups in total. The molecule has 1 nitrogen and oxygen atoms in total. The monoisotopic (exact) mass is 261 g/mol. The summed E-state index contributed by atoms with van der Waals surface area (Å²) in [6, 6.07) is 9.20. The van der Waals surface area contributed by atoms with Gasteiger partial charge in [-0.15, -0.1) is 0 Å². The average Bonchev–Trinajstić information content (AvgIpc) is 2.35. The van der Waals surface area contributed by atoms with Crippen LogP contribution < -0.4 is 5.32 Å². The van der Waals surface area contributed by atoms with E-state index in [0.717, 1.165) is 6.54 Å². The molecule has 1 rings (SSSR count). The molecule has 108 valence electrons. The van der Waals surface area contributed by atoms with Crippen molar-refractivity contribution in [1.82, 2.24) is 5.32 Å². The second-order valence-electron chi connectivity index (χ2n) is 6.89. The number of rotatable bonds is 6. The molecular formula is C18H31N. The highest BCUT2D eigenvalue weighted by Gasteiger charge is 2.17. The van der Waals surface area contributed by atoms with E-state index < -0.39 is 0 Å². The van der Waals surface area contributed by atoms with Crippen LogP contribution in [0.5, 0.6) is 0 Å². The molecule has 1 heteroatoms. The van der Waals surface area contributed by atoms with Gasteiger partial charge in [0.15, 0.2) is 0 Å². The fourth-order valence-corrected chi connectivity index (χ4v) is 2.25. The van der Waals surface area contributed by atoms with Crippen LogP contribution in [0.2, 0.25) is 0 Å². The predicted octanol–water partition coefficient (Wildman–Crippen LogP) is 4.77. The molecule has 0 fully saturated rings. The minimum absolute atomic E-state index is 0.207. The highest BCUT2D eigenvalue weighted by molar-refractivity contribution is 5.25. The van der Waals surface area contributed by atoms with Gasteiger partial charge in [0.1, 0.15) is 0 Å². The zero-order valence-corrected chi connectivity index (χ0v) is 13.6. The van der Waals surface area contributed by atoms with E-state index in [0.29, 0.717) is 11.8 Å². The third-order valence-electron chi connectivity index (χ3n) is 3.85. The van der Waals surface area contributed by atoms with E-state index in [4.69, 9.17) is 0 Å². The molecule has 1 aromatic carbocycles. The van der Waals surface area contributed by atoms with Crippen LogP contribution in [0.3, 0.4) is 0 Å². The first-order valence-electron chi connectivity index (χ1n) is 7.67. The molecule has 0 saturated heterocycles. The van der Waals surface area contributed by atoms with Crippen molar-refractivity contribution in [3.8, 4) is 0 Å². The second kappa shape index (κ2) is 7.09. The lowest BCUT2D eigenvalue weighted by atomic mass is 9.87. The van der Waals surface area contributed by atoms with Crippen LogP contribution in [-0.2, 0) is 6.42 Å². The van der Waals surface area contributed by atoms with Crippen LogP contribution in [0.1, 0.15) is 65.0 Å². The summed E-state index contributed by atoms with van der Waals surface area (Å²) >= 11 is 0. The summed E-state index contributed by atoms with van der Waals surface area (Å²) < 4.78 is 0. The highest BCUT2D eigenvalue weighted by atomic mass is 14.9. The number of aryl methyl sites for hydroxylation is 1. The number of nitrogens with one attached hydrogen (secondary N) is 1. The van der Waals surface area contributed by atoms with Crippen LogP contribution >= 0.6 is 0 Å². The summed E-state index contributed by atoms with van der Waals surface area (Å²) in [5.41, 5.74) is 3.13. The molecule has 0 aromatic heterocycles. The van der Waals surface area contributed by atoms with E-state index in [1.54, 1.807) is 0 Å². The van der Waals surface area contributed by atoms with Crippen LogP contribution in [0, 0.1) is 5.92 Å². The molecule has 2 unspecified atom stereocenters. The summed E-state index contributed by atoms with van der Waals surface area (Å²) in [5, 5.41) is 3.60. The van der Waals surface area contributed by atoms with Gasteiger partial charge in [0, 0.05) is 5.54 Å². The van der Waals surface area contributed by atoms with Crippen molar-refractivity contribution in [3.63, 3.8) is 0 Å². The molecule has 0 aliphatic carbocycles. The van der Waals surface area contributed by atoms with Gasteiger partial charge in [-0.2, -0.15) is 0 Å². The van der Waals surface area contributed by atoms with Crippen LogP contribution in [0.4, 0.5) is 0 Å². The van der Waals surface area contributed by atoms with Gasteiger partial charge < -0.3 is 5.32 Å². The number of hydrogen-bond donors (Lipinski definition) is 1. The molecule has 2 atom stereocenters. The summed E-state index contributed by atoms with van der Waals surface area (Å²) in [5.74, 6) is 1.25. The second-order valence-corrected chi connectivity index (χ2v) is 6.89. The first-order chi connectivity index (χ1) is 8.83. The van der Waals surface area contributed by atoms with Gasteiger partial charge in [0.25, 0.3) is 0 Å². The normalized spacial score (nSPS) is 15.3. The SMILES string of the molecule is CCCc1ccc(C(C)C(C)CNC(C)(C)C)cc1. The van der Waals surface area contributed by atoms with Gasteiger partial charge in [-0.3, -0.25) is 0 Å². The molecule has 0 spiro atoms. The predicted molar refractivity (Wildman–Crippen MR) is 85.8 cm³/mol. The lowest BCUT2D eigenvalue weighted by molar-refractivity contribution is 0.359. The smallest absolute Gasteiger partial charge is 0.00966 e. The molecule has 0 saturated carbocycles. The fraction of sp³-hybridized carbons (Fsp3) is 0.667. The van der Waals surface area contributed by atoms with Crippen molar-refractivity contribution in [1.29, 1.82) is 0 Å². The minimum atomic E-state index is 0.207. The van der Waals surface area contributed by atoms with E-state index in [1.165, 1.54) is 24.0 Å². The standard InChI is InChI=1S/C18H31N/c1-7-8-16-9-11-17(12-10-16)15(3)14(2)13-19-18(4,5)6/h9-12,14-15,19H,7-8,13H2,1-6H3. The third kappa shape index (κ3) is 5.78. The quantitative estimate of drug-likeness (QED) is 0.778. The zero-order chi connectivity index (χ0) is 14.5. The Morgan fingerprint density at radius 2 is 1.63 bits per heavy atom. The van der Waals surface area contributed by atoms with Crippen molar-refractivity contribution >= 4 is 0 Å². The van der Waals surface area contributed by atoms with Crippen molar-refractivity contribution in [3.05, 3.63) is 35.4 Å². The topological polar surface area (TPSA) is 12.0 Å². The molecule has 0 bridgehead atoms. The zero-order valence-electron chi connectivity index (χ0n) is 13.6. The average molecular weight is 261 g/mol. The Balaban J connectivity index is 2.58. The molecule has 0 amide bonds. The Morgan fingerprint density at radius 1 is 1.05 bits per heavy atom. The van der Waals surface area contributed by atoms with E-state index in [9.17, 15) is 0 Å². The summed E-state index contributed by atoms with van der Waals surface area (Å²) in [6.45, 7) is 14.7. The summed E-state index contributed by atoms with van der Waals surface area (Å²) in [7, 11) is 0. The minimum Gasteiger partial charge on any atom is -0.312 e. The van der Waals surface area contributed by atoms with Crippen LogP contribution in [-0.4, -0.2) is 12.1 Å². The molecule has 0 aliphatic rings. The molecule has 19 heavy (non-hydrogen) atoms. The van der Waals surface area contributed by atoms with Crippen molar-refractivity contribution < 1.29 is 0 Å². The molecule has 0 heterocycles. The van der Waals surface area contributed by atoms with Crippen LogP contribution in [0.25, 0.3) is 0 Å². The molecular weight excluding hydrogens is 230 g/mol. The maximum atomic E-state index is 3.60. The maximum absolute atomic E-state index is 3.60. The lowest BCUT2D eigenvalue weighted by Gasteiger charge is -2.27. The first kappa shape index (κ1) is 16.2. The molecule has 0 radical (unpaired) electrons. The van der Waals surface area contributed by atoms with Crippen molar-refractivity contribution in [2.75, 3.05) is 6.54 Å². The summed E-state index contributed by atoms with van der Waals surface area (Å²) in [6.07, 6.45) is 2.41. The largest absolute Gasteiger partial charge is 0.312 e. The van der Waals surface area contributed by atoms with Gasteiger partial charge in [-0.1, -0.05) is 51.5 Å². The Labute approximate surface area is 119 Å². The molecule has 0 aliphatic heterocycles. The van der Waals surface area contributed by atoms with E-state index in [2.05, 4.69) is 71.1 Å². The molecule has 1 aromatic rings.